The lowest BCUT2D eigenvalue weighted by molar-refractivity contribution is -0.384. The number of carbonyl (C=O) groups excluding carboxylic acids is 4. The maximum absolute atomic E-state index is 13.6. The summed E-state index contributed by atoms with van der Waals surface area (Å²) in [4.78, 5) is 66.2. The summed E-state index contributed by atoms with van der Waals surface area (Å²) >= 11 is 0. The van der Waals surface area contributed by atoms with E-state index in [4.69, 9.17) is 9.47 Å². The van der Waals surface area contributed by atoms with Gasteiger partial charge in [0.1, 0.15) is 24.3 Å². The Morgan fingerprint density at radius 1 is 1.15 bits per heavy atom. The van der Waals surface area contributed by atoms with Crippen LogP contribution in [0.4, 0.5) is 10.5 Å². The van der Waals surface area contributed by atoms with Crippen LogP contribution in [0, 0.1) is 16.0 Å². The van der Waals surface area contributed by atoms with E-state index >= 15 is 0 Å². The lowest BCUT2D eigenvalue weighted by Gasteiger charge is -2.30. The fourth-order valence-electron chi connectivity index (χ4n) is 5.56. The third-order valence-electron chi connectivity index (χ3n) is 7.91. The number of nitrogens with one attached hydrogen (secondary N) is 1. The van der Waals surface area contributed by atoms with Gasteiger partial charge in [0.15, 0.2) is 5.78 Å². The summed E-state index contributed by atoms with van der Waals surface area (Å²) in [7, 11) is 1.68. The van der Waals surface area contributed by atoms with Gasteiger partial charge in [0.25, 0.3) is 5.69 Å². The van der Waals surface area contributed by atoms with Gasteiger partial charge < -0.3 is 24.6 Å². The Balaban J connectivity index is 1.52. The Labute approximate surface area is 227 Å². The summed E-state index contributed by atoms with van der Waals surface area (Å²) in [5, 5.41) is 13.9. The number of carbonyl (C=O) groups is 4. The molecule has 4 atom stereocenters. The molecule has 4 rings (SSSR count). The molecule has 39 heavy (non-hydrogen) atoms. The number of nitro benzene ring substituents is 1. The third kappa shape index (κ3) is 6.38. The summed E-state index contributed by atoms with van der Waals surface area (Å²) in [6, 6.07) is 3.77. The first-order valence-electron chi connectivity index (χ1n) is 13.6. The summed E-state index contributed by atoms with van der Waals surface area (Å²) in [6.45, 7) is 2.66. The van der Waals surface area contributed by atoms with Crippen molar-refractivity contribution in [2.45, 2.75) is 69.6 Å². The zero-order valence-electron chi connectivity index (χ0n) is 22.4. The normalized spacial score (nSPS) is 27.6. The molecule has 212 valence electrons. The van der Waals surface area contributed by atoms with Crippen LogP contribution in [0.15, 0.2) is 24.3 Å². The maximum Gasteiger partial charge on any atom is 0.338 e. The fraction of sp³-hybridized carbons (Fsp3) is 0.630. The van der Waals surface area contributed by atoms with Gasteiger partial charge in [0.05, 0.1) is 17.0 Å². The number of urea groups is 1. The first-order valence-corrected chi connectivity index (χ1v) is 13.6. The van der Waals surface area contributed by atoms with Crippen molar-refractivity contribution >= 4 is 29.4 Å². The van der Waals surface area contributed by atoms with Gasteiger partial charge in [-0.15, -0.1) is 0 Å². The molecule has 2 saturated heterocycles. The van der Waals surface area contributed by atoms with Crippen molar-refractivity contribution in [1.82, 2.24) is 15.1 Å². The Bertz CT molecular complexity index is 1110. The number of rotatable bonds is 7. The van der Waals surface area contributed by atoms with E-state index < -0.39 is 34.5 Å². The standard InChI is InChI=1S/C27H36N4O8/c1-3-38-17-23(32)27-15-19(27)8-6-4-5-7-13-29(2)26(35)30-16-21(14-22(30)24(33)28-27)39-25(34)18-9-11-20(12-10-18)31(36)37/h9-12,19,21-22H,3-8,13-17H2,1-2H3,(H,28,33)/t19-,21-,22+,27-/m1/s1. The van der Waals surface area contributed by atoms with E-state index in [9.17, 15) is 29.3 Å². The highest BCUT2D eigenvalue weighted by Crippen LogP contribution is 2.48. The van der Waals surface area contributed by atoms with E-state index in [1.165, 1.54) is 29.2 Å². The molecule has 3 fully saturated rings. The van der Waals surface area contributed by atoms with Gasteiger partial charge in [0, 0.05) is 38.8 Å². The molecular formula is C27H36N4O8. The number of esters is 1. The highest BCUT2D eigenvalue weighted by molar-refractivity contribution is 5.99. The minimum atomic E-state index is -0.996. The Morgan fingerprint density at radius 3 is 2.56 bits per heavy atom. The monoisotopic (exact) mass is 544 g/mol. The highest BCUT2D eigenvalue weighted by atomic mass is 16.6. The molecule has 0 spiro atoms. The molecule has 3 amide bonds. The van der Waals surface area contributed by atoms with Gasteiger partial charge in [0.2, 0.25) is 5.91 Å². The van der Waals surface area contributed by atoms with Crippen LogP contribution in [0.1, 0.15) is 62.2 Å². The molecule has 1 aromatic rings. The number of ether oxygens (including phenoxy) is 2. The topological polar surface area (TPSA) is 148 Å². The van der Waals surface area contributed by atoms with Crippen molar-refractivity contribution in [2.75, 3.05) is 33.4 Å². The van der Waals surface area contributed by atoms with Crippen LogP contribution in [-0.4, -0.2) is 89.4 Å². The number of nitro groups is 1. The summed E-state index contributed by atoms with van der Waals surface area (Å²) < 4.78 is 11.0. The molecule has 0 aromatic heterocycles. The smallest absolute Gasteiger partial charge is 0.338 e. The molecule has 3 aliphatic rings. The molecule has 12 heteroatoms. The highest BCUT2D eigenvalue weighted by Gasteiger charge is 2.60. The molecule has 2 heterocycles. The van der Waals surface area contributed by atoms with Crippen molar-refractivity contribution in [3.63, 3.8) is 0 Å². The molecule has 0 bridgehead atoms. The van der Waals surface area contributed by atoms with Gasteiger partial charge in [-0.1, -0.05) is 19.3 Å². The second-order valence-electron chi connectivity index (χ2n) is 10.6. The van der Waals surface area contributed by atoms with Crippen LogP contribution in [0.2, 0.25) is 0 Å². The molecule has 1 saturated carbocycles. The lowest BCUT2D eigenvalue weighted by atomic mass is 10.0. The van der Waals surface area contributed by atoms with E-state index in [0.29, 0.717) is 19.6 Å². The van der Waals surface area contributed by atoms with E-state index in [-0.39, 0.29) is 48.6 Å². The number of nitrogens with zero attached hydrogens (tertiary/aromatic N) is 3. The van der Waals surface area contributed by atoms with Crippen LogP contribution in [0.25, 0.3) is 0 Å². The summed E-state index contributed by atoms with van der Waals surface area (Å²) in [5.41, 5.74) is -1.02. The average Bonchev–Trinajstić information content (AvgIpc) is 3.45. The molecule has 1 aromatic carbocycles. The zero-order valence-corrected chi connectivity index (χ0v) is 22.4. The van der Waals surface area contributed by atoms with Gasteiger partial charge >= 0.3 is 12.0 Å². The van der Waals surface area contributed by atoms with Gasteiger partial charge in [-0.3, -0.25) is 19.7 Å². The Morgan fingerprint density at radius 2 is 1.87 bits per heavy atom. The van der Waals surface area contributed by atoms with Crippen molar-refractivity contribution < 1.29 is 33.6 Å². The molecule has 0 radical (unpaired) electrons. The molecule has 0 unspecified atom stereocenters. The minimum absolute atomic E-state index is 0.0172. The van der Waals surface area contributed by atoms with Crippen molar-refractivity contribution in [2.24, 2.45) is 5.92 Å². The largest absolute Gasteiger partial charge is 0.457 e. The Kier molecular flexibility index (Phi) is 8.83. The van der Waals surface area contributed by atoms with Crippen LogP contribution < -0.4 is 5.32 Å². The number of hydrogen-bond acceptors (Lipinski definition) is 8. The number of non-ortho nitro benzene ring substituents is 1. The van der Waals surface area contributed by atoms with E-state index in [0.717, 1.165) is 32.1 Å². The van der Waals surface area contributed by atoms with Crippen LogP contribution in [0.3, 0.4) is 0 Å². The lowest BCUT2D eigenvalue weighted by Crippen LogP contribution is -2.55. The number of hydrogen-bond donors (Lipinski definition) is 1. The molecule has 1 N–H and O–H groups in total. The molecule has 1 aliphatic carbocycles. The van der Waals surface area contributed by atoms with Crippen molar-refractivity contribution in [3.8, 4) is 0 Å². The fourth-order valence-corrected chi connectivity index (χ4v) is 5.56. The third-order valence-corrected chi connectivity index (χ3v) is 7.91. The quantitative estimate of drug-likeness (QED) is 0.313. The molecule has 2 aliphatic heterocycles. The maximum atomic E-state index is 13.6. The molecule has 12 nitrogen and oxygen atoms in total. The average molecular weight is 545 g/mol. The number of benzene rings is 1. The summed E-state index contributed by atoms with van der Waals surface area (Å²) in [5.74, 6) is -1.28. The predicted molar refractivity (Wildman–Crippen MR) is 139 cm³/mol. The number of Topliss-reactive ketones (excluding diaryl/α,β-unsaturated/α-hetero) is 1. The SMILES string of the molecule is CCOCC(=O)[C@@]12C[C@H]1CCCCCCN(C)C(=O)N1C[C@H](OC(=O)c3ccc([N+](=O)[O-])cc3)C[C@H]1C(=O)N2. The first kappa shape index (κ1) is 28.5. The second kappa shape index (κ2) is 12.1. The van der Waals surface area contributed by atoms with Crippen LogP contribution in [-0.2, 0) is 19.1 Å². The van der Waals surface area contributed by atoms with E-state index in [1.54, 1.807) is 18.9 Å². The minimum Gasteiger partial charge on any atom is -0.457 e. The number of ketones is 1. The Hall–Kier alpha value is -3.54. The van der Waals surface area contributed by atoms with Crippen LogP contribution in [0.5, 0.6) is 0 Å². The predicted octanol–water partition coefficient (Wildman–Crippen LogP) is 2.69. The molecular weight excluding hydrogens is 508 g/mol. The number of amides is 3. The van der Waals surface area contributed by atoms with Crippen molar-refractivity contribution in [3.05, 3.63) is 39.9 Å². The van der Waals surface area contributed by atoms with Crippen LogP contribution >= 0.6 is 0 Å². The van der Waals surface area contributed by atoms with Gasteiger partial charge in [-0.2, -0.15) is 0 Å². The van der Waals surface area contributed by atoms with Gasteiger partial charge in [-0.25, -0.2) is 9.59 Å². The summed E-state index contributed by atoms with van der Waals surface area (Å²) in [6.07, 6.45) is 4.39. The van der Waals surface area contributed by atoms with E-state index in [1.807, 2.05) is 0 Å². The van der Waals surface area contributed by atoms with Gasteiger partial charge in [-0.05, 0) is 44.2 Å². The number of fused-ring (bicyclic) bond motifs is 2. The van der Waals surface area contributed by atoms with Crippen molar-refractivity contribution in [1.29, 1.82) is 0 Å². The second-order valence-corrected chi connectivity index (χ2v) is 10.6. The zero-order chi connectivity index (χ0) is 28.2. The van der Waals surface area contributed by atoms with E-state index in [2.05, 4.69) is 5.32 Å². The first-order chi connectivity index (χ1) is 18.7.